The number of piperidine rings is 1. The number of hydrogen-bond acceptors (Lipinski definition) is 2. The second-order valence-corrected chi connectivity index (χ2v) is 5.63. The van der Waals surface area contributed by atoms with E-state index in [1.165, 1.54) is 30.4 Å². The maximum absolute atomic E-state index is 4.28. The van der Waals surface area contributed by atoms with E-state index in [0.717, 1.165) is 30.1 Å². The molecule has 0 spiro atoms. The van der Waals surface area contributed by atoms with Crippen molar-refractivity contribution in [1.29, 1.82) is 0 Å². The van der Waals surface area contributed by atoms with Gasteiger partial charge in [-0.25, -0.2) is 0 Å². The Kier molecular flexibility index (Phi) is 3.96. The number of nitrogens with one attached hydrogen (secondary N) is 1. The van der Waals surface area contributed by atoms with Crippen molar-refractivity contribution in [1.82, 2.24) is 10.2 Å². The van der Waals surface area contributed by atoms with Crippen molar-refractivity contribution in [2.45, 2.75) is 19.3 Å². The van der Waals surface area contributed by atoms with E-state index < -0.39 is 0 Å². The number of benzene rings is 1. The van der Waals surface area contributed by atoms with Gasteiger partial charge in [-0.05, 0) is 36.5 Å². The van der Waals surface area contributed by atoms with Crippen LogP contribution in [0.4, 0.5) is 0 Å². The second kappa shape index (κ2) is 6.04. The molecule has 21 heavy (non-hydrogen) atoms. The molecule has 0 bridgehead atoms. The molecule has 108 valence electrons. The van der Waals surface area contributed by atoms with Crippen LogP contribution in [0.3, 0.4) is 0 Å². The van der Waals surface area contributed by atoms with Crippen molar-refractivity contribution in [2.24, 2.45) is 0 Å². The van der Waals surface area contributed by atoms with E-state index in [2.05, 4.69) is 53.7 Å². The highest BCUT2D eigenvalue weighted by molar-refractivity contribution is 5.81. The summed E-state index contributed by atoms with van der Waals surface area (Å²) >= 11 is 0. The molecule has 1 aromatic rings. The Morgan fingerprint density at radius 1 is 1.05 bits per heavy atom. The number of allylic oxidation sites excluding steroid dienone is 3. The summed E-state index contributed by atoms with van der Waals surface area (Å²) in [6.45, 7) is 10.6. The van der Waals surface area contributed by atoms with Gasteiger partial charge in [0.05, 0.1) is 0 Å². The van der Waals surface area contributed by atoms with E-state index in [-0.39, 0.29) is 0 Å². The molecule has 2 heterocycles. The number of dihydropyridines is 1. The molecule has 0 aromatic heterocycles. The van der Waals surface area contributed by atoms with Crippen molar-refractivity contribution in [2.75, 3.05) is 13.1 Å². The molecule has 0 aliphatic carbocycles. The summed E-state index contributed by atoms with van der Waals surface area (Å²) in [6, 6.07) is 8.64. The van der Waals surface area contributed by atoms with Gasteiger partial charge in [0.1, 0.15) is 0 Å². The Morgan fingerprint density at radius 3 is 2.43 bits per heavy atom. The van der Waals surface area contributed by atoms with Gasteiger partial charge in [0.2, 0.25) is 0 Å². The highest BCUT2D eigenvalue weighted by Crippen LogP contribution is 2.26. The molecule has 3 rings (SSSR count). The van der Waals surface area contributed by atoms with Gasteiger partial charge in [0.25, 0.3) is 0 Å². The lowest BCUT2D eigenvalue weighted by molar-refractivity contribution is 0.326. The minimum absolute atomic E-state index is 0.945. The first kappa shape index (κ1) is 13.7. The highest BCUT2D eigenvalue weighted by atomic mass is 15.1. The van der Waals surface area contributed by atoms with Crippen molar-refractivity contribution in [3.05, 3.63) is 72.6 Å². The van der Waals surface area contributed by atoms with Gasteiger partial charge in [-0.15, -0.1) is 0 Å². The topological polar surface area (TPSA) is 15.3 Å². The molecule has 2 aliphatic heterocycles. The Balaban J connectivity index is 1.77. The fourth-order valence-corrected chi connectivity index (χ4v) is 2.93. The summed E-state index contributed by atoms with van der Waals surface area (Å²) in [5.41, 5.74) is 5.64. The van der Waals surface area contributed by atoms with Crippen molar-refractivity contribution >= 4 is 11.3 Å². The Bertz CT molecular complexity index is 599. The Morgan fingerprint density at radius 2 is 1.76 bits per heavy atom. The fraction of sp³-hybridized carbons (Fsp3) is 0.263. The number of likely N-dealkylation sites (tertiary alicyclic amines) is 1. The van der Waals surface area contributed by atoms with Gasteiger partial charge < -0.3 is 10.2 Å². The predicted molar refractivity (Wildman–Crippen MR) is 90.3 cm³/mol. The molecule has 1 saturated heterocycles. The van der Waals surface area contributed by atoms with Gasteiger partial charge in [-0.3, -0.25) is 0 Å². The lowest BCUT2D eigenvalue weighted by Crippen LogP contribution is -2.27. The maximum Gasteiger partial charge on any atom is 0.0386 e. The van der Waals surface area contributed by atoms with E-state index in [1.807, 2.05) is 12.3 Å². The molecule has 1 N–H and O–H groups in total. The zero-order valence-corrected chi connectivity index (χ0v) is 12.4. The normalized spacial score (nSPS) is 18.2. The predicted octanol–water partition coefficient (Wildman–Crippen LogP) is 4.16. The standard InChI is InChI=1S/C19H22N2/c1-15-19(7-6-12-20-15)18-10-8-17(9-11-18)16(2)21-13-4-3-5-14-21/h6-12,20H,1-5,13-14H2. The zero-order valence-electron chi connectivity index (χ0n) is 12.4. The Hall–Kier alpha value is -2.22. The molecule has 2 nitrogen and oxygen atoms in total. The minimum atomic E-state index is 0.945. The van der Waals surface area contributed by atoms with Crippen molar-refractivity contribution in [3.8, 4) is 0 Å². The molecule has 0 atom stereocenters. The zero-order chi connectivity index (χ0) is 14.7. The van der Waals surface area contributed by atoms with Gasteiger partial charge in [-0.2, -0.15) is 0 Å². The lowest BCUT2D eigenvalue weighted by Gasteiger charge is -2.30. The SMILES string of the molecule is C=C1NC=CC=C1c1ccc(C(=C)N2CCCCC2)cc1. The monoisotopic (exact) mass is 278 g/mol. The van der Waals surface area contributed by atoms with E-state index in [1.54, 1.807) is 0 Å². The summed E-state index contributed by atoms with van der Waals surface area (Å²) in [4.78, 5) is 2.40. The highest BCUT2D eigenvalue weighted by Gasteiger charge is 2.14. The van der Waals surface area contributed by atoms with Crippen LogP contribution < -0.4 is 5.32 Å². The molecule has 2 heteroatoms. The van der Waals surface area contributed by atoms with Crippen LogP contribution in [0, 0.1) is 0 Å². The first-order valence-corrected chi connectivity index (χ1v) is 7.63. The molecule has 0 saturated carbocycles. The molecule has 0 amide bonds. The number of nitrogens with zero attached hydrogens (tertiary/aromatic N) is 1. The van der Waals surface area contributed by atoms with Crippen molar-refractivity contribution < 1.29 is 0 Å². The van der Waals surface area contributed by atoms with Crippen LogP contribution in [0.15, 0.2) is 61.5 Å². The molecule has 2 aliphatic rings. The molecule has 0 radical (unpaired) electrons. The molecule has 0 unspecified atom stereocenters. The number of hydrogen-bond donors (Lipinski definition) is 1. The van der Waals surface area contributed by atoms with Gasteiger partial charge in [0.15, 0.2) is 0 Å². The molecule has 1 aromatic carbocycles. The van der Waals surface area contributed by atoms with E-state index >= 15 is 0 Å². The number of rotatable bonds is 3. The van der Waals surface area contributed by atoms with Crippen LogP contribution in [0.2, 0.25) is 0 Å². The largest absolute Gasteiger partial charge is 0.372 e. The quantitative estimate of drug-likeness (QED) is 0.893. The van der Waals surface area contributed by atoms with Gasteiger partial charge in [-0.1, -0.05) is 43.5 Å². The van der Waals surface area contributed by atoms with Crippen LogP contribution in [0.25, 0.3) is 11.3 Å². The minimum Gasteiger partial charge on any atom is -0.372 e. The van der Waals surface area contributed by atoms with Crippen LogP contribution in [0.1, 0.15) is 30.4 Å². The van der Waals surface area contributed by atoms with Gasteiger partial charge >= 0.3 is 0 Å². The third kappa shape index (κ3) is 2.94. The third-order valence-electron chi connectivity index (χ3n) is 4.21. The molecular weight excluding hydrogens is 256 g/mol. The third-order valence-corrected chi connectivity index (χ3v) is 4.21. The van der Waals surface area contributed by atoms with E-state index in [4.69, 9.17) is 0 Å². The first-order valence-electron chi connectivity index (χ1n) is 7.63. The molecule has 1 fully saturated rings. The Labute approximate surface area is 127 Å². The lowest BCUT2D eigenvalue weighted by atomic mass is 9.99. The first-order chi connectivity index (χ1) is 10.3. The smallest absolute Gasteiger partial charge is 0.0386 e. The fourth-order valence-electron chi connectivity index (χ4n) is 2.93. The van der Waals surface area contributed by atoms with E-state index in [0.29, 0.717) is 0 Å². The summed E-state index contributed by atoms with van der Waals surface area (Å²) in [7, 11) is 0. The summed E-state index contributed by atoms with van der Waals surface area (Å²) < 4.78 is 0. The van der Waals surface area contributed by atoms with Crippen LogP contribution >= 0.6 is 0 Å². The van der Waals surface area contributed by atoms with Crippen LogP contribution in [-0.4, -0.2) is 18.0 Å². The summed E-state index contributed by atoms with van der Waals surface area (Å²) in [5.74, 6) is 0. The average Bonchev–Trinajstić information content (AvgIpc) is 2.56. The summed E-state index contributed by atoms with van der Waals surface area (Å²) in [5, 5.41) is 3.15. The van der Waals surface area contributed by atoms with E-state index in [9.17, 15) is 0 Å². The van der Waals surface area contributed by atoms with Gasteiger partial charge in [0, 0.05) is 36.3 Å². The summed E-state index contributed by atoms with van der Waals surface area (Å²) in [6.07, 6.45) is 9.90. The van der Waals surface area contributed by atoms with Crippen LogP contribution in [0.5, 0.6) is 0 Å². The average molecular weight is 278 g/mol. The molecular formula is C19H22N2. The van der Waals surface area contributed by atoms with Crippen molar-refractivity contribution in [3.63, 3.8) is 0 Å². The van der Waals surface area contributed by atoms with Crippen LogP contribution in [-0.2, 0) is 0 Å². The second-order valence-electron chi connectivity index (χ2n) is 5.63. The maximum atomic E-state index is 4.28.